The van der Waals surface area contributed by atoms with Crippen LogP contribution in [0.4, 0.5) is 0 Å². The Balaban J connectivity index is 1.55. The smallest absolute Gasteiger partial charge is 0.161 e. The summed E-state index contributed by atoms with van der Waals surface area (Å²) in [6, 6.07) is 9.94. The van der Waals surface area contributed by atoms with Crippen molar-refractivity contribution in [3.8, 4) is 11.5 Å². The van der Waals surface area contributed by atoms with Crippen molar-refractivity contribution in [1.29, 1.82) is 0 Å². The molecule has 1 aliphatic heterocycles. The molecule has 0 spiro atoms. The Morgan fingerprint density at radius 1 is 1.14 bits per heavy atom. The molecule has 0 saturated carbocycles. The highest BCUT2D eigenvalue weighted by Gasteiger charge is 2.17. The van der Waals surface area contributed by atoms with Crippen molar-refractivity contribution in [2.75, 3.05) is 40.4 Å². The zero-order chi connectivity index (χ0) is 19.9. The monoisotopic (exact) mass is 388 g/mol. The third-order valence-corrected chi connectivity index (χ3v) is 5.00. The third-order valence-electron chi connectivity index (χ3n) is 5.00. The summed E-state index contributed by atoms with van der Waals surface area (Å²) in [4.78, 5) is 4.47. The SMILES string of the molecule is COc1ccc(CN(C)Cc2ccc(C)o2)cc1OC[C@@H](O)CN1CCCC1. The average Bonchev–Trinajstić information content (AvgIpc) is 3.31. The van der Waals surface area contributed by atoms with Gasteiger partial charge in [0.15, 0.2) is 11.5 Å². The van der Waals surface area contributed by atoms with Gasteiger partial charge in [-0.1, -0.05) is 6.07 Å². The number of aliphatic hydroxyl groups excluding tert-OH is 1. The molecule has 1 atom stereocenters. The minimum Gasteiger partial charge on any atom is -0.493 e. The summed E-state index contributed by atoms with van der Waals surface area (Å²) in [5.74, 6) is 3.23. The molecule has 2 heterocycles. The van der Waals surface area contributed by atoms with E-state index in [9.17, 15) is 5.11 Å². The first-order valence-corrected chi connectivity index (χ1v) is 9.97. The normalized spacial score (nSPS) is 15.9. The van der Waals surface area contributed by atoms with Crippen LogP contribution >= 0.6 is 0 Å². The fraction of sp³-hybridized carbons (Fsp3) is 0.545. The number of furan rings is 1. The predicted molar refractivity (Wildman–Crippen MR) is 109 cm³/mol. The molecule has 0 amide bonds. The number of hydrogen-bond donors (Lipinski definition) is 1. The van der Waals surface area contributed by atoms with E-state index in [1.807, 2.05) is 37.3 Å². The van der Waals surface area contributed by atoms with E-state index in [0.717, 1.165) is 43.3 Å². The summed E-state index contributed by atoms with van der Waals surface area (Å²) < 4.78 is 17.0. The lowest BCUT2D eigenvalue weighted by Crippen LogP contribution is -2.33. The predicted octanol–water partition coefficient (Wildman–Crippen LogP) is 3.06. The van der Waals surface area contributed by atoms with Gasteiger partial charge >= 0.3 is 0 Å². The summed E-state index contributed by atoms with van der Waals surface area (Å²) in [7, 11) is 3.69. The van der Waals surface area contributed by atoms with Gasteiger partial charge in [0.25, 0.3) is 0 Å². The van der Waals surface area contributed by atoms with Crippen molar-refractivity contribution in [3.63, 3.8) is 0 Å². The van der Waals surface area contributed by atoms with Crippen LogP contribution in [-0.4, -0.2) is 61.4 Å². The van der Waals surface area contributed by atoms with Gasteiger partial charge in [0.05, 0.1) is 13.7 Å². The number of nitrogens with zero attached hydrogens (tertiary/aromatic N) is 2. The molecule has 1 aromatic heterocycles. The van der Waals surface area contributed by atoms with Crippen molar-refractivity contribution in [1.82, 2.24) is 9.80 Å². The van der Waals surface area contributed by atoms with E-state index in [4.69, 9.17) is 13.9 Å². The van der Waals surface area contributed by atoms with Gasteiger partial charge in [0.1, 0.15) is 24.2 Å². The molecule has 2 aromatic rings. The summed E-state index contributed by atoms with van der Waals surface area (Å²) in [6.07, 6.45) is 1.93. The molecule has 6 nitrogen and oxygen atoms in total. The molecule has 3 rings (SSSR count). The molecule has 6 heteroatoms. The highest BCUT2D eigenvalue weighted by Crippen LogP contribution is 2.29. The summed E-state index contributed by atoms with van der Waals surface area (Å²) >= 11 is 0. The lowest BCUT2D eigenvalue weighted by atomic mass is 10.2. The first-order valence-electron chi connectivity index (χ1n) is 9.97. The van der Waals surface area contributed by atoms with Gasteiger partial charge in [-0.15, -0.1) is 0 Å². The lowest BCUT2D eigenvalue weighted by Gasteiger charge is -2.21. The fourth-order valence-corrected chi connectivity index (χ4v) is 3.64. The number of aryl methyl sites for hydroxylation is 1. The molecule has 0 radical (unpaired) electrons. The van der Waals surface area contributed by atoms with Gasteiger partial charge in [-0.2, -0.15) is 0 Å². The molecule has 1 saturated heterocycles. The van der Waals surface area contributed by atoms with E-state index in [2.05, 4.69) is 16.8 Å². The summed E-state index contributed by atoms with van der Waals surface area (Å²) in [5, 5.41) is 10.3. The molecule has 1 fully saturated rings. The maximum absolute atomic E-state index is 10.3. The van der Waals surface area contributed by atoms with Crippen LogP contribution in [-0.2, 0) is 13.1 Å². The van der Waals surface area contributed by atoms with Gasteiger partial charge in [-0.3, -0.25) is 4.90 Å². The number of likely N-dealkylation sites (tertiary alicyclic amines) is 1. The number of aliphatic hydroxyl groups is 1. The van der Waals surface area contributed by atoms with Crippen LogP contribution in [0.15, 0.2) is 34.7 Å². The quantitative estimate of drug-likeness (QED) is 0.675. The Labute approximate surface area is 167 Å². The zero-order valence-corrected chi connectivity index (χ0v) is 17.2. The fourth-order valence-electron chi connectivity index (χ4n) is 3.64. The molecule has 1 aliphatic rings. The van der Waals surface area contributed by atoms with Crippen molar-refractivity contribution in [2.24, 2.45) is 0 Å². The van der Waals surface area contributed by atoms with E-state index >= 15 is 0 Å². The number of β-amino-alcohol motifs (C(OH)–C–C–N with tert-alkyl or cyclic N) is 1. The highest BCUT2D eigenvalue weighted by molar-refractivity contribution is 5.43. The van der Waals surface area contributed by atoms with Crippen LogP contribution in [0, 0.1) is 6.92 Å². The first-order chi connectivity index (χ1) is 13.5. The van der Waals surface area contributed by atoms with E-state index < -0.39 is 6.10 Å². The maximum Gasteiger partial charge on any atom is 0.161 e. The van der Waals surface area contributed by atoms with Crippen molar-refractivity contribution in [2.45, 2.75) is 39.0 Å². The molecule has 28 heavy (non-hydrogen) atoms. The Hall–Kier alpha value is -2.02. The molecule has 0 aliphatic carbocycles. The Morgan fingerprint density at radius 2 is 1.93 bits per heavy atom. The number of methoxy groups -OCH3 is 1. The average molecular weight is 389 g/mol. The van der Waals surface area contributed by atoms with Crippen LogP contribution in [0.1, 0.15) is 29.9 Å². The Morgan fingerprint density at radius 3 is 2.61 bits per heavy atom. The third kappa shape index (κ3) is 5.99. The summed E-state index contributed by atoms with van der Waals surface area (Å²) in [6.45, 7) is 6.51. The van der Waals surface area contributed by atoms with E-state index in [0.29, 0.717) is 18.0 Å². The molecule has 1 N–H and O–H groups in total. The van der Waals surface area contributed by atoms with E-state index in [1.165, 1.54) is 12.8 Å². The molecule has 1 aromatic carbocycles. The topological polar surface area (TPSA) is 58.3 Å². The molecule has 0 bridgehead atoms. The van der Waals surface area contributed by atoms with Crippen molar-refractivity contribution < 1.29 is 19.0 Å². The minimum atomic E-state index is -0.503. The van der Waals surface area contributed by atoms with Crippen molar-refractivity contribution in [3.05, 3.63) is 47.4 Å². The van der Waals surface area contributed by atoms with Crippen LogP contribution in [0.2, 0.25) is 0 Å². The minimum absolute atomic E-state index is 0.262. The second-order valence-electron chi connectivity index (χ2n) is 7.64. The number of benzene rings is 1. The van der Waals surface area contributed by atoms with Gasteiger partial charge in [-0.25, -0.2) is 0 Å². The Kier molecular flexibility index (Phi) is 7.36. The van der Waals surface area contributed by atoms with Gasteiger partial charge in [-0.05, 0) is 69.7 Å². The lowest BCUT2D eigenvalue weighted by molar-refractivity contribution is 0.0746. The second kappa shape index (κ2) is 9.96. The molecule has 0 unspecified atom stereocenters. The van der Waals surface area contributed by atoms with Gasteiger partial charge in [0.2, 0.25) is 0 Å². The number of rotatable bonds is 10. The molecular formula is C22H32N2O4. The van der Waals surface area contributed by atoms with Gasteiger partial charge in [0, 0.05) is 13.1 Å². The van der Waals surface area contributed by atoms with Gasteiger partial charge < -0.3 is 23.9 Å². The van der Waals surface area contributed by atoms with Crippen LogP contribution < -0.4 is 9.47 Å². The molecule has 154 valence electrons. The van der Waals surface area contributed by atoms with Crippen molar-refractivity contribution >= 4 is 0 Å². The highest BCUT2D eigenvalue weighted by atomic mass is 16.5. The van der Waals surface area contributed by atoms with E-state index in [1.54, 1.807) is 7.11 Å². The Bertz CT molecular complexity index is 740. The van der Waals surface area contributed by atoms with E-state index in [-0.39, 0.29) is 6.61 Å². The standard InChI is InChI=1S/C22H32N2O4/c1-17-6-8-20(28-17)15-23(2)13-18-7-9-21(26-3)22(12-18)27-16-19(25)14-24-10-4-5-11-24/h6-9,12,19,25H,4-5,10-11,13-16H2,1-3H3/t19-/m0/s1. The zero-order valence-electron chi connectivity index (χ0n) is 17.2. The van der Waals surface area contributed by atoms with Crippen LogP contribution in [0.25, 0.3) is 0 Å². The summed E-state index contributed by atoms with van der Waals surface area (Å²) in [5.41, 5.74) is 1.12. The molecular weight excluding hydrogens is 356 g/mol. The van der Waals surface area contributed by atoms with Crippen LogP contribution in [0.3, 0.4) is 0 Å². The number of hydrogen-bond acceptors (Lipinski definition) is 6. The van der Waals surface area contributed by atoms with Crippen LogP contribution in [0.5, 0.6) is 11.5 Å². The first kappa shape index (κ1) is 20.7. The largest absolute Gasteiger partial charge is 0.493 e. The number of ether oxygens (including phenoxy) is 2. The maximum atomic E-state index is 10.3. The second-order valence-corrected chi connectivity index (χ2v) is 7.64.